The number of nitrogens with zero attached hydrogens (tertiary/aromatic N) is 1. The number of thioether (sulfide) groups is 1. The predicted octanol–water partition coefficient (Wildman–Crippen LogP) is 4.23. The molecule has 3 rings (SSSR count). The van der Waals surface area contributed by atoms with Gasteiger partial charge in [0.15, 0.2) is 0 Å². The van der Waals surface area contributed by atoms with Gasteiger partial charge >= 0.3 is 6.03 Å². The molecule has 1 aliphatic rings. The number of carbonyl (C=O) groups excluding carboxylic acids is 1. The van der Waals surface area contributed by atoms with E-state index in [0.717, 1.165) is 27.8 Å². The Hall–Kier alpha value is -2.14. The highest BCUT2D eigenvalue weighted by Gasteiger charge is 2.22. The summed E-state index contributed by atoms with van der Waals surface area (Å²) in [6.07, 6.45) is 0. The number of carbonyl (C=O) groups is 1. The number of nitrogens with one attached hydrogen (secondary N) is 1. The number of anilines is 2. The van der Waals surface area contributed by atoms with E-state index in [-0.39, 0.29) is 6.03 Å². The first-order valence-electron chi connectivity index (χ1n) is 7.31. The second kappa shape index (κ2) is 6.75. The van der Waals surface area contributed by atoms with Gasteiger partial charge in [-0.3, -0.25) is 4.90 Å². The van der Waals surface area contributed by atoms with Gasteiger partial charge in [-0.1, -0.05) is 12.1 Å². The van der Waals surface area contributed by atoms with Crippen molar-refractivity contribution in [1.29, 1.82) is 0 Å². The van der Waals surface area contributed by atoms with Crippen molar-refractivity contribution in [3.8, 4) is 5.75 Å². The highest BCUT2D eigenvalue weighted by molar-refractivity contribution is 7.99. The van der Waals surface area contributed by atoms with Gasteiger partial charge in [0.2, 0.25) is 0 Å². The number of ether oxygens (including phenoxy) is 1. The molecule has 4 nitrogen and oxygen atoms in total. The summed E-state index contributed by atoms with van der Waals surface area (Å²) in [5.41, 5.74) is 1.74. The Labute approximate surface area is 134 Å². The maximum Gasteiger partial charge on any atom is 0.326 e. The van der Waals surface area contributed by atoms with E-state index in [1.807, 2.05) is 49.4 Å². The van der Waals surface area contributed by atoms with Crippen LogP contribution in [-0.2, 0) is 0 Å². The lowest BCUT2D eigenvalue weighted by Gasteiger charge is -2.29. The SMILES string of the molecule is CCOc1ccc(NC(=O)N2CCSc3ccccc32)cc1. The lowest BCUT2D eigenvalue weighted by molar-refractivity contribution is 0.257. The van der Waals surface area contributed by atoms with E-state index in [2.05, 4.69) is 11.4 Å². The van der Waals surface area contributed by atoms with Gasteiger partial charge in [0.05, 0.1) is 12.3 Å². The quantitative estimate of drug-likeness (QED) is 0.922. The summed E-state index contributed by atoms with van der Waals surface area (Å²) in [5, 5.41) is 2.94. The predicted molar refractivity (Wildman–Crippen MR) is 91.1 cm³/mol. The molecule has 2 aromatic carbocycles. The number of para-hydroxylation sites is 1. The number of hydrogen-bond acceptors (Lipinski definition) is 3. The first-order valence-corrected chi connectivity index (χ1v) is 8.29. The normalized spacial score (nSPS) is 13.4. The van der Waals surface area contributed by atoms with Crippen molar-refractivity contribution in [2.45, 2.75) is 11.8 Å². The van der Waals surface area contributed by atoms with Gasteiger partial charge in [0.1, 0.15) is 5.75 Å². The zero-order valence-electron chi connectivity index (χ0n) is 12.4. The van der Waals surface area contributed by atoms with Crippen LogP contribution >= 0.6 is 11.8 Å². The number of rotatable bonds is 3. The lowest BCUT2D eigenvalue weighted by atomic mass is 10.2. The van der Waals surface area contributed by atoms with Crippen LogP contribution in [0, 0.1) is 0 Å². The van der Waals surface area contributed by atoms with Gasteiger partial charge in [-0.05, 0) is 43.3 Å². The molecular weight excluding hydrogens is 296 g/mol. The number of hydrogen-bond donors (Lipinski definition) is 1. The van der Waals surface area contributed by atoms with E-state index in [9.17, 15) is 4.79 Å². The molecule has 1 aliphatic heterocycles. The summed E-state index contributed by atoms with van der Waals surface area (Å²) in [5.74, 6) is 1.72. The molecule has 0 aliphatic carbocycles. The van der Waals surface area contributed by atoms with Crippen molar-refractivity contribution in [3.05, 3.63) is 48.5 Å². The molecule has 1 N–H and O–H groups in total. The monoisotopic (exact) mass is 314 g/mol. The minimum Gasteiger partial charge on any atom is -0.494 e. The van der Waals surface area contributed by atoms with Crippen LogP contribution < -0.4 is 15.0 Å². The molecule has 1 heterocycles. The van der Waals surface area contributed by atoms with Crippen LogP contribution in [-0.4, -0.2) is 24.9 Å². The van der Waals surface area contributed by atoms with Crippen LogP contribution in [0.4, 0.5) is 16.2 Å². The molecule has 0 fully saturated rings. The maximum atomic E-state index is 12.5. The number of urea groups is 1. The van der Waals surface area contributed by atoms with Crippen molar-refractivity contribution in [3.63, 3.8) is 0 Å². The average Bonchev–Trinajstić information content (AvgIpc) is 2.56. The molecule has 0 atom stereocenters. The first-order chi connectivity index (χ1) is 10.8. The van der Waals surface area contributed by atoms with Crippen LogP contribution in [0.2, 0.25) is 0 Å². The summed E-state index contributed by atoms with van der Waals surface area (Å²) in [6, 6.07) is 15.3. The highest BCUT2D eigenvalue weighted by Crippen LogP contribution is 2.34. The third-order valence-electron chi connectivity index (χ3n) is 3.39. The lowest BCUT2D eigenvalue weighted by Crippen LogP contribution is -2.38. The van der Waals surface area contributed by atoms with Gasteiger partial charge in [-0.25, -0.2) is 4.79 Å². The second-order valence-corrected chi connectivity index (χ2v) is 5.99. The molecule has 0 saturated carbocycles. The largest absolute Gasteiger partial charge is 0.494 e. The Bertz CT molecular complexity index is 658. The summed E-state index contributed by atoms with van der Waals surface area (Å²) < 4.78 is 5.40. The van der Waals surface area contributed by atoms with Crippen molar-refractivity contribution in [2.75, 3.05) is 29.1 Å². The van der Waals surface area contributed by atoms with Crippen LogP contribution in [0.1, 0.15) is 6.92 Å². The van der Waals surface area contributed by atoms with Crippen LogP contribution in [0.3, 0.4) is 0 Å². The summed E-state index contributed by atoms with van der Waals surface area (Å²) >= 11 is 1.79. The summed E-state index contributed by atoms with van der Waals surface area (Å²) in [7, 11) is 0. The Morgan fingerprint density at radius 3 is 2.77 bits per heavy atom. The van der Waals surface area contributed by atoms with Gasteiger partial charge < -0.3 is 10.1 Å². The molecular formula is C17H18N2O2S. The standard InChI is InChI=1S/C17H18N2O2S/c1-2-21-14-9-7-13(8-10-14)18-17(20)19-11-12-22-16-6-4-3-5-15(16)19/h3-10H,2,11-12H2,1H3,(H,18,20). The molecule has 0 saturated heterocycles. The van der Waals surface area contributed by atoms with E-state index in [1.54, 1.807) is 16.7 Å². The fourth-order valence-corrected chi connectivity index (χ4v) is 3.37. The fraction of sp³-hybridized carbons (Fsp3) is 0.235. The summed E-state index contributed by atoms with van der Waals surface area (Å²) in [6.45, 7) is 3.29. The molecule has 0 unspecified atom stereocenters. The molecule has 114 valence electrons. The van der Waals surface area contributed by atoms with Crippen LogP contribution in [0.25, 0.3) is 0 Å². The van der Waals surface area contributed by atoms with Gasteiger partial charge in [0, 0.05) is 22.9 Å². The van der Waals surface area contributed by atoms with E-state index in [4.69, 9.17) is 4.74 Å². The maximum absolute atomic E-state index is 12.5. The average molecular weight is 314 g/mol. The highest BCUT2D eigenvalue weighted by atomic mass is 32.2. The third-order valence-corrected chi connectivity index (χ3v) is 4.43. The van der Waals surface area contributed by atoms with E-state index < -0.39 is 0 Å². The Balaban J connectivity index is 1.72. The minimum atomic E-state index is -0.100. The zero-order valence-corrected chi connectivity index (χ0v) is 13.2. The van der Waals surface area contributed by atoms with Crippen molar-refractivity contribution < 1.29 is 9.53 Å². The first kappa shape index (κ1) is 14.8. The molecule has 0 radical (unpaired) electrons. The number of amides is 2. The van der Waals surface area contributed by atoms with E-state index >= 15 is 0 Å². The Morgan fingerprint density at radius 1 is 1.23 bits per heavy atom. The molecule has 2 amide bonds. The van der Waals surface area contributed by atoms with Gasteiger partial charge in [-0.15, -0.1) is 11.8 Å². The molecule has 0 bridgehead atoms. The second-order valence-electron chi connectivity index (χ2n) is 4.86. The Kier molecular flexibility index (Phi) is 4.53. The number of benzene rings is 2. The molecule has 2 aromatic rings. The minimum absolute atomic E-state index is 0.100. The van der Waals surface area contributed by atoms with Crippen molar-refractivity contribution in [1.82, 2.24) is 0 Å². The van der Waals surface area contributed by atoms with Gasteiger partial charge in [0.25, 0.3) is 0 Å². The topological polar surface area (TPSA) is 41.6 Å². The smallest absolute Gasteiger partial charge is 0.326 e. The fourth-order valence-electron chi connectivity index (χ4n) is 2.37. The number of fused-ring (bicyclic) bond motifs is 1. The molecule has 0 aromatic heterocycles. The van der Waals surface area contributed by atoms with Gasteiger partial charge in [-0.2, -0.15) is 0 Å². The molecule has 5 heteroatoms. The third kappa shape index (κ3) is 3.20. The summed E-state index contributed by atoms with van der Waals surface area (Å²) in [4.78, 5) is 15.5. The van der Waals surface area contributed by atoms with Crippen molar-refractivity contribution in [2.24, 2.45) is 0 Å². The molecule has 0 spiro atoms. The van der Waals surface area contributed by atoms with E-state index in [1.165, 1.54) is 0 Å². The van der Waals surface area contributed by atoms with Crippen molar-refractivity contribution >= 4 is 29.2 Å². The van der Waals surface area contributed by atoms with Crippen LogP contribution in [0.5, 0.6) is 5.75 Å². The van der Waals surface area contributed by atoms with Crippen LogP contribution in [0.15, 0.2) is 53.4 Å². The zero-order chi connectivity index (χ0) is 15.4. The molecule has 22 heavy (non-hydrogen) atoms. The van der Waals surface area contributed by atoms with E-state index in [0.29, 0.717) is 13.2 Å². The Morgan fingerprint density at radius 2 is 2.00 bits per heavy atom.